The van der Waals surface area contributed by atoms with Crippen LogP contribution in [0.4, 0.5) is 4.39 Å². The summed E-state index contributed by atoms with van der Waals surface area (Å²) in [5.74, 6) is -1.36. The predicted molar refractivity (Wildman–Crippen MR) is 61.7 cm³/mol. The van der Waals surface area contributed by atoms with Gasteiger partial charge in [-0.15, -0.1) is 0 Å². The van der Waals surface area contributed by atoms with Crippen LogP contribution in [0.15, 0.2) is 52.4 Å². The number of benzene rings is 1. The third kappa shape index (κ3) is 3.04. The van der Waals surface area contributed by atoms with Gasteiger partial charge in [0.15, 0.2) is 0 Å². The number of nitrogens with zero attached hydrogens (tertiary/aromatic N) is 1. The summed E-state index contributed by atoms with van der Waals surface area (Å²) in [5.41, 5.74) is -0.00267. The van der Waals surface area contributed by atoms with Gasteiger partial charge in [0.05, 0.1) is 0 Å². The SMILES string of the molecule is O=C(O)c1cc(Sc2ccc(F)cc2)ccn1. The fraction of sp³-hybridized carbons (Fsp3) is 0. The molecule has 0 bridgehead atoms. The quantitative estimate of drug-likeness (QED) is 0.908. The van der Waals surface area contributed by atoms with Gasteiger partial charge < -0.3 is 5.11 Å². The maximum absolute atomic E-state index is 12.7. The van der Waals surface area contributed by atoms with Gasteiger partial charge in [0, 0.05) is 16.0 Å². The van der Waals surface area contributed by atoms with E-state index in [2.05, 4.69) is 4.98 Å². The first-order chi connectivity index (χ1) is 8.15. The second-order valence-corrected chi connectivity index (χ2v) is 4.38. The monoisotopic (exact) mass is 249 g/mol. The number of halogens is 1. The highest BCUT2D eigenvalue weighted by atomic mass is 32.2. The van der Waals surface area contributed by atoms with Crippen molar-refractivity contribution in [1.82, 2.24) is 4.98 Å². The molecule has 17 heavy (non-hydrogen) atoms. The first-order valence-electron chi connectivity index (χ1n) is 4.78. The van der Waals surface area contributed by atoms with Crippen LogP contribution in [-0.4, -0.2) is 16.1 Å². The minimum Gasteiger partial charge on any atom is -0.477 e. The van der Waals surface area contributed by atoms with Crippen molar-refractivity contribution in [3.8, 4) is 0 Å². The van der Waals surface area contributed by atoms with Crippen molar-refractivity contribution in [3.63, 3.8) is 0 Å². The number of pyridine rings is 1. The van der Waals surface area contributed by atoms with Crippen molar-refractivity contribution in [2.45, 2.75) is 9.79 Å². The largest absolute Gasteiger partial charge is 0.477 e. The third-order valence-corrected chi connectivity index (χ3v) is 3.00. The Morgan fingerprint density at radius 3 is 2.53 bits per heavy atom. The predicted octanol–water partition coefficient (Wildman–Crippen LogP) is 3.07. The molecule has 0 atom stereocenters. The van der Waals surface area contributed by atoms with Gasteiger partial charge in [-0.1, -0.05) is 11.8 Å². The summed E-state index contributed by atoms with van der Waals surface area (Å²) in [4.78, 5) is 16.0. The van der Waals surface area contributed by atoms with E-state index in [0.29, 0.717) is 0 Å². The smallest absolute Gasteiger partial charge is 0.354 e. The van der Waals surface area contributed by atoms with Gasteiger partial charge in [0.1, 0.15) is 11.5 Å². The average Bonchev–Trinajstić information content (AvgIpc) is 2.32. The molecular weight excluding hydrogens is 241 g/mol. The second kappa shape index (κ2) is 4.97. The molecule has 0 spiro atoms. The lowest BCUT2D eigenvalue weighted by molar-refractivity contribution is 0.0690. The number of carboxylic acid groups (broad SMARTS) is 1. The fourth-order valence-electron chi connectivity index (χ4n) is 1.23. The third-order valence-electron chi connectivity index (χ3n) is 2.00. The number of hydrogen-bond acceptors (Lipinski definition) is 3. The lowest BCUT2D eigenvalue weighted by atomic mass is 10.3. The molecule has 5 heteroatoms. The Hall–Kier alpha value is -1.88. The molecule has 1 aromatic heterocycles. The number of rotatable bonds is 3. The van der Waals surface area contributed by atoms with Crippen molar-refractivity contribution in [2.24, 2.45) is 0 Å². The van der Waals surface area contributed by atoms with E-state index >= 15 is 0 Å². The zero-order chi connectivity index (χ0) is 12.3. The van der Waals surface area contributed by atoms with E-state index in [1.54, 1.807) is 18.2 Å². The Morgan fingerprint density at radius 2 is 1.88 bits per heavy atom. The van der Waals surface area contributed by atoms with Crippen molar-refractivity contribution in [2.75, 3.05) is 0 Å². The number of aromatic nitrogens is 1. The summed E-state index contributed by atoms with van der Waals surface area (Å²) in [7, 11) is 0. The number of hydrogen-bond donors (Lipinski definition) is 1. The Bertz CT molecular complexity index is 542. The number of carboxylic acids is 1. The minimum atomic E-state index is -1.06. The van der Waals surface area contributed by atoms with E-state index in [4.69, 9.17) is 5.11 Å². The van der Waals surface area contributed by atoms with Gasteiger partial charge in [-0.05, 0) is 36.4 Å². The normalized spacial score (nSPS) is 10.2. The molecule has 0 radical (unpaired) electrons. The summed E-state index contributed by atoms with van der Waals surface area (Å²) in [5, 5.41) is 8.79. The molecule has 0 amide bonds. The van der Waals surface area contributed by atoms with Crippen LogP contribution in [0.3, 0.4) is 0 Å². The molecule has 3 nitrogen and oxygen atoms in total. The molecule has 86 valence electrons. The number of carbonyl (C=O) groups is 1. The molecular formula is C12H8FNO2S. The summed E-state index contributed by atoms with van der Waals surface area (Å²) >= 11 is 1.36. The average molecular weight is 249 g/mol. The van der Waals surface area contributed by atoms with Crippen molar-refractivity contribution in [3.05, 3.63) is 54.1 Å². The maximum Gasteiger partial charge on any atom is 0.354 e. The zero-order valence-corrected chi connectivity index (χ0v) is 9.45. The van der Waals surface area contributed by atoms with Crippen molar-refractivity contribution in [1.29, 1.82) is 0 Å². The molecule has 0 saturated carbocycles. The van der Waals surface area contributed by atoms with Gasteiger partial charge in [-0.2, -0.15) is 0 Å². The van der Waals surface area contributed by atoms with Crippen LogP contribution in [0.5, 0.6) is 0 Å². The van der Waals surface area contributed by atoms with Crippen LogP contribution < -0.4 is 0 Å². The molecule has 2 rings (SSSR count). The highest BCUT2D eigenvalue weighted by Crippen LogP contribution is 2.27. The molecule has 1 aromatic carbocycles. The highest BCUT2D eigenvalue weighted by molar-refractivity contribution is 7.99. The summed E-state index contributed by atoms with van der Waals surface area (Å²) < 4.78 is 12.7. The Balaban J connectivity index is 2.21. The minimum absolute atomic E-state index is 0.00267. The molecule has 0 unspecified atom stereocenters. The van der Waals surface area contributed by atoms with Crippen LogP contribution in [0, 0.1) is 5.82 Å². The Kier molecular flexibility index (Phi) is 3.39. The van der Waals surface area contributed by atoms with Crippen LogP contribution in [0.1, 0.15) is 10.5 Å². The molecule has 0 fully saturated rings. The van der Waals surface area contributed by atoms with E-state index in [0.717, 1.165) is 9.79 Å². The first-order valence-corrected chi connectivity index (χ1v) is 5.59. The van der Waals surface area contributed by atoms with Crippen molar-refractivity contribution >= 4 is 17.7 Å². The van der Waals surface area contributed by atoms with Crippen LogP contribution in [0.25, 0.3) is 0 Å². The van der Waals surface area contributed by atoms with Gasteiger partial charge in [-0.3, -0.25) is 0 Å². The maximum atomic E-state index is 12.7. The molecule has 0 saturated heterocycles. The lowest BCUT2D eigenvalue weighted by Crippen LogP contribution is -1.99. The number of aromatic carboxylic acids is 1. The van der Waals surface area contributed by atoms with E-state index in [9.17, 15) is 9.18 Å². The summed E-state index contributed by atoms with van der Waals surface area (Å²) in [6.07, 6.45) is 1.44. The zero-order valence-electron chi connectivity index (χ0n) is 8.63. The summed E-state index contributed by atoms with van der Waals surface area (Å²) in [6, 6.07) is 9.20. The highest BCUT2D eigenvalue weighted by Gasteiger charge is 2.05. The molecule has 0 aliphatic rings. The van der Waals surface area contributed by atoms with E-state index in [1.807, 2.05) is 0 Å². The van der Waals surface area contributed by atoms with Crippen molar-refractivity contribution < 1.29 is 14.3 Å². The molecule has 0 aliphatic carbocycles. The van der Waals surface area contributed by atoms with E-state index in [1.165, 1.54) is 36.2 Å². The summed E-state index contributed by atoms with van der Waals surface area (Å²) in [6.45, 7) is 0. The first kappa shape index (κ1) is 11.6. The van der Waals surface area contributed by atoms with Gasteiger partial charge in [-0.25, -0.2) is 14.2 Å². The van der Waals surface area contributed by atoms with Crippen LogP contribution >= 0.6 is 11.8 Å². The van der Waals surface area contributed by atoms with Gasteiger partial charge in [0.25, 0.3) is 0 Å². The lowest BCUT2D eigenvalue weighted by Gasteiger charge is -2.02. The van der Waals surface area contributed by atoms with E-state index in [-0.39, 0.29) is 11.5 Å². The van der Waals surface area contributed by atoms with Gasteiger partial charge >= 0.3 is 5.97 Å². The fourth-order valence-corrected chi connectivity index (χ4v) is 2.07. The molecule has 0 aliphatic heterocycles. The molecule has 1 N–H and O–H groups in total. The van der Waals surface area contributed by atoms with E-state index < -0.39 is 5.97 Å². The van der Waals surface area contributed by atoms with Crippen LogP contribution in [-0.2, 0) is 0 Å². The Labute approximate surface area is 101 Å². The standard InChI is InChI=1S/C12H8FNO2S/c13-8-1-3-9(4-2-8)17-10-5-6-14-11(7-10)12(15)16/h1-7H,(H,15,16). The van der Waals surface area contributed by atoms with Gasteiger partial charge in [0.2, 0.25) is 0 Å². The van der Waals surface area contributed by atoms with Crippen LogP contribution in [0.2, 0.25) is 0 Å². The Morgan fingerprint density at radius 1 is 1.18 bits per heavy atom. The molecule has 1 heterocycles. The topological polar surface area (TPSA) is 50.2 Å². The molecule has 2 aromatic rings. The second-order valence-electron chi connectivity index (χ2n) is 3.24.